The number of piperidine rings is 1. The van der Waals surface area contributed by atoms with E-state index in [1.54, 1.807) is 0 Å². The second kappa shape index (κ2) is 6.60. The highest BCUT2D eigenvalue weighted by Gasteiger charge is 2.29. The third-order valence-corrected chi connectivity index (χ3v) is 6.52. The molecular formula is C15H24N4O3S. The number of rotatable bonds is 4. The van der Waals surface area contributed by atoms with Crippen LogP contribution in [0.1, 0.15) is 30.7 Å². The van der Waals surface area contributed by atoms with Crippen LogP contribution in [0.4, 0.5) is 0 Å². The number of sulfone groups is 1. The van der Waals surface area contributed by atoms with Gasteiger partial charge in [-0.05, 0) is 43.8 Å². The zero-order chi connectivity index (χ0) is 16.4. The highest BCUT2D eigenvalue weighted by molar-refractivity contribution is 7.91. The summed E-state index contributed by atoms with van der Waals surface area (Å²) in [5.41, 5.74) is 1.27. The van der Waals surface area contributed by atoms with Crippen molar-refractivity contribution < 1.29 is 13.2 Å². The predicted molar refractivity (Wildman–Crippen MR) is 86.8 cm³/mol. The number of hydrogen-bond donors (Lipinski definition) is 1. The summed E-state index contributed by atoms with van der Waals surface area (Å²) < 4.78 is 24.7. The molecule has 1 amide bonds. The quantitative estimate of drug-likeness (QED) is 0.828. The zero-order valence-corrected chi connectivity index (χ0v) is 14.3. The van der Waals surface area contributed by atoms with Gasteiger partial charge in [0.15, 0.2) is 9.84 Å². The van der Waals surface area contributed by atoms with Gasteiger partial charge in [0, 0.05) is 19.3 Å². The lowest BCUT2D eigenvalue weighted by Crippen LogP contribution is -2.44. The van der Waals surface area contributed by atoms with Gasteiger partial charge < -0.3 is 5.32 Å². The van der Waals surface area contributed by atoms with E-state index in [9.17, 15) is 13.2 Å². The van der Waals surface area contributed by atoms with E-state index in [0.717, 1.165) is 25.9 Å². The number of carbonyl (C=O) groups is 1. The van der Waals surface area contributed by atoms with E-state index in [2.05, 4.69) is 21.5 Å². The van der Waals surface area contributed by atoms with E-state index in [4.69, 9.17) is 0 Å². The Labute approximate surface area is 137 Å². The standard InChI is InChI=1S/C15H24N4O3S/c1-18-9-13(8-16-18)12-2-5-19(6-3-12)10-15(20)17-14-4-7-23(21,22)11-14/h8-9,12,14H,2-7,10-11H2,1H3,(H,17,20)/t14-/m0/s1. The first-order chi connectivity index (χ1) is 10.9. The van der Waals surface area contributed by atoms with Gasteiger partial charge in [-0.3, -0.25) is 14.4 Å². The third-order valence-electron chi connectivity index (χ3n) is 4.75. The second-order valence-electron chi connectivity index (χ2n) is 6.67. The van der Waals surface area contributed by atoms with Gasteiger partial charge in [-0.1, -0.05) is 0 Å². The molecule has 0 aromatic carbocycles. The maximum absolute atomic E-state index is 12.1. The van der Waals surface area contributed by atoms with Gasteiger partial charge in [0.05, 0.1) is 24.2 Å². The SMILES string of the molecule is Cn1cc(C2CCN(CC(=O)N[C@H]3CCS(=O)(=O)C3)CC2)cn1. The fourth-order valence-electron chi connectivity index (χ4n) is 3.46. The van der Waals surface area contributed by atoms with Crippen LogP contribution in [0.25, 0.3) is 0 Å². The molecule has 3 rings (SSSR count). The summed E-state index contributed by atoms with van der Waals surface area (Å²) in [5.74, 6) is 0.728. The third kappa shape index (κ3) is 4.32. The lowest BCUT2D eigenvalue weighted by molar-refractivity contribution is -0.123. The van der Waals surface area contributed by atoms with E-state index in [-0.39, 0.29) is 23.5 Å². The van der Waals surface area contributed by atoms with E-state index >= 15 is 0 Å². The highest BCUT2D eigenvalue weighted by atomic mass is 32.2. The average molecular weight is 340 g/mol. The zero-order valence-electron chi connectivity index (χ0n) is 13.4. The van der Waals surface area contributed by atoms with Crippen molar-refractivity contribution in [3.63, 3.8) is 0 Å². The van der Waals surface area contributed by atoms with E-state index in [0.29, 0.717) is 18.9 Å². The molecule has 7 nitrogen and oxygen atoms in total. The Bertz CT molecular complexity index is 662. The molecule has 0 bridgehead atoms. The normalized spacial score (nSPS) is 25.5. The van der Waals surface area contributed by atoms with Crippen molar-refractivity contribution in [1.82, 2.24) is 20.0 Å². The van der Waals surface area contributed by atoms with Gasteiger partial charge in [0.2, 0.25) is 5.91 Å². The Balaban J connectivity index is 1.43. The van der Waals surface area contributed by atoms with Crippen molar-refractivity contribution in [2.24, 2.45) is 7.05 Å². The molecular weight excluding hydrogens is 316 g/mol. The molecule has 0 radical (unpaired) electrons. The maximum Gasteiger partial charge on any atom is 0.234 e. The summed E-state index contributed by atoms with van der Waals surface area (Å²) in [7, 11) is -1.02. The highest BCUT2D eigenvalue weighted by Crippen LogP contribution is 2.27. The lowest BCUT2D eigenvalue weighted by atomic mass is 9.91. The van der Waals surface area contributed by atoms with E-state index in [1.807, 2.05) is 17.9 Å². The predicted octanol–water partition coefficient (Wildman–Crippen LogP) is -0.0972. The molecule has 2 aliphatic heterocycles. The molecule has 1 N–H and O–H groups in total. The molecule has 1 aromatic rings. The number of carbonyl (C=O) groups excluding carboxylic acids is 1. The number of aryl methyl sites for hydroxylation is 1. The van der Waals surface area contributed by atoms with Crippen LogP contribution in [-0.2, 0) is 21.7 Å². The van der Waals surface area contributed by atoms with Crippen molar-refractivity contribution in [2.45, 2.75) is 31.2 Å². The van der Waals surface area contributed by atoms with Crippen LogP contribution in [0, 0.1) is 0 Å². The first-order valence-electron chi connectivity index (χ1n) is 8.12. The fourth-order valence-corrected chi connectivity index (χ4v) is 5.13. The first-order valence-corrected chi connectivity index (χ1v) is 9.94. The summed E-state index contributed by atoms with van der Waals surface area (Å²) in [6.07, 6.45) is 6.58. The molecule has 0 aliphatic carbocycles. The van der Waals surface area contributed by atoms with E-state index < -0.39 is 9.84 Å². The van der Waals surface area contributed by atoms with Crippen molar-refractivity contribution >= 4 is 15.7 Å². The first kappa shape index (κ1) is 16.4. The molecule has 0 unspecified atom stereocenters. The molecule has 1 aromatic heterocycles. The summed E-state index contributed by atoms with van der Waals surface area (Å²) in [5, 5.41) is 7.07. The minimum Gasteiger partial charge on any atom is -0.351 e. The number of nitrogens with one attached hydrogen (secondary N) is 1. The van der Waals surface area contributed by atoms with Crippen LogP contribution in [-0.4, -0.2) is 66.2 Å². The van der Waals surface area contributed by atoms with Gasteiger partial charge >= 0.3 is 0 Å². The molecule has 2 fully saturated rings. The Morgan fingerprint density at radius 1 is 1.35 bits per heavy atom. The smallest absolute Gasteiger partial charge is 0.234 e. The monoisotopic (exact) mass is 340 g/mol. The maximum atomic E-state index is 12.1. The summed E-state index contributed by atoms with van der Waals surface area (Å²) in [4.78, 5) is 14.2. The molecule has 0 saturated carbocycles. The molecule has 2 saturated heterocycles. The number of aromatic nitrogens is 2. The molecule has 1 atom stereocenters. The van der Waals surface area contributed by atoms with Gasteiger partial charge in [-0.25, -0.2) is 8.42 Å². The fraction of sp³-hybridized carbons (Fsp3) is 0.733. The average Bonchev–Trinajstić information content (AvgIpc) is 3.05. The van der Waals surface area contributed by atoms with Gasteiger partial charge in [0.25, 0.3) is 0 Å². The Morgan fingerprint density at radius 3 is 2.65 bits per heavy atom. The lowest BCUT2D eigenvalue weighted by Gasteiger charge is -2.31. The summed E-state index contributed by atoms with van der Waals surface area (Å²) in [6, 6.07) is -0.208. The van der Waals surface area contributed by atoms with Crippen LogP contribution >= 0.6 is 0 Å². The number of likely N-dealkylation sites (tertiary alicyclic amines) is 1. The van der Waals surface area contributed by atoms with Crippen molar-refractivity contribution in [3.8, 4) is 0 Å². The minimum atomic E-state index is -2.95. The Morgan fingerprint density at radius 2 is 2.09 bits per heavy atom. The summed E-state index contributed by atoms with van der Waals surface area (Å²) in [6.45, 7) is 2.13. The largest absolute Gasteiger partial charge is 0.351 e. The van der Waals surface area contributed by atoms with Crippen molar-refractivity contribution in [3.05, 3.63) is 18.0 Å². The summed E-state index contributed by atoms with van der Waals surface area (Å²) >= 11 is 0. The van der Waals surface area contributed by atoms with Crippen LogP contribution in [0.15, 0.2) is 12.4 Å². The van der Waals surface area contributed by atoms with Crippen LogP contribution in [0.5, 0.6) is 0 Å². The van der Waals surface area contributed by atoms with Crippen LogP contribution in [0.3, 0.4) is 0 Å². The van der Waals surface area contributed by atoms with Crippen molar-refractivity contribution in [2.75, 3.05) is 31.1 Å². The number of amides is 1. The van der Waals surface area contributed by atoms with Crippen LogP contribution < -0.4 is 5.32 Å². The molecule has 23 heavy (non-hydrogen) atoms. The topological polar surface area (TPSA) is 84.3 Å². The molecule has 0 spiro atoms. The van der Waals surface area contributed by atoms with Gasteiger partial charge in [-0.15, -0.1) is 0 Å². The second-order valence-corrected chi connectivity index (χ2v) is 8.89. The number of nitrogens with zero attached hydrogens (tertiary/aromatic N) is 3. The Kier molecular flexibility index (Phi) is 4.72. The van der Waals surface area contributed by atoms with Gasteiger partial charge in [-0.2, -0.15) is 5.10 Å². The minimum absolute atomic E-state index is 0.0630. The van der Waals surface area contributed by atoms with Crippen molar-refractivity contribution in [1.29, 1.82) is 0 Å². The number of hydrogen-bond acceptors (Lipinski definition) is 5. The van der Waals surface area contributed by atoms with E-state index in [1.165, 1.54) is 5.56 Å². The molecule has 3 heterocycles. The molecule has 128 valence electrons. The molecule has 8 heteroatoms. The van der Waals surface area contributed by atoms with Gasteiger partial charge in [0.1, 0.15) is 0 Å². The molecule has 2 aliphatic rings. The van der Waals surface area contributed by atoms with Crippen LogP contribution in [0.2, 0.25) is 0 Å². The Hall–Kier alpha value is -1.41.